The van der Waals surface area contributed by atoms with Crippen LogP contribution < -0.4 is 4.72 Å². The van der Waals surface area contributed by atoms with Gasteiger partial charge in [0.2, 0.25) is 10.0 Å². The lowest BCUT2D eigenvalue weighted by Gasteiger charge is -2.05. The highest BCUT2D eigenvalue weighted by Crippen LogP contribution is 2.20. The molecule has 2 rings (SSSR count). The van der Waals surface area contributed by atoms with E-state index >= 15 is 0 Å². The number of sulfonamides is 1. The van der Waals surface area contributed by atoms with Crippen LogP contribution in [0.25, 0.3) is 0 Å². The molecule has 0 aliphatic carbocycles. The highest BCUT2D eigenvalue weighted by Gasteiger charge is 2.15. The minimum absolute atomic E-state index is 0.0868. The Kier molecular flexibility index (Phi) is 3.98. The maximum absolute atomic E-state index is 13.0. The van der Waals surface area contributed by atoms with E-state index in [4.69, 9.17) is 0 Å². The van der Waals surface area contributed by atoms with Gasteiger partial charge in [-0.1, -0.05) is 6.07 Å². The van der Waals surface area contributed by atoms with Crippen LogP contribution in [0.3, 0.4) is 0 Å². The van der Waals surface area contributed by atoms with Crippen LogP contribution in [0.2, 0.25) is 0 Å². The Hall–Kier alpha value is -1.31. The van der Waals surface area contributed by atoms with Gasteiger partial charge in [0.1, 0.15) is 4.21 Å². The normalized spacial score (nSPS) is 11.7. The van der Waals surface area contributed by atoms with Gasteiger partial charge in [0.05, 0.1) is 0 Å². The molecule has 0 saturated carbocycles. The summed E-state index contributed by atoms with van der Waals surface area (Å²) < 4.78 is 52.1. The summed E-state index contributed by atoms with van der Waals surface area (Å²) in [6.45, 7) is 1.72. The fourth-order valence-electron chi connectivity index (χ4n) is 1.46. The van der Waals surface area contributed by atoms with E-state index in [1.807, 2.05) is 0 Å². The minimum atomic E-state index is -3.61. The molecule has 1 heterocycles. The first-order valence-electron chi connectivity index (χ1n) is 5.38. The molecule has 0 spiro atoms. The average Bonchev–Trinajstić information content (AvgIpc) is 2.78. The molecule has 1 N–H and O–H groups in total. The first kappa shape index (κ1) is 14.1. The van der Waals surface area contributed by atoms with Gasteiger partial charge in [-0.3, -0.25) is 0 Å². The summed E-state index contributed by atoms with van der Waals surface area (Å²) in [5, 5.41) is 0. The molecule has 19 heavy (non-hydrogen) atoms. The molecule has 1 aromatic carbocycles. The second-order valence-corrected chi connectivity index (χ2v) is 7.22. The van der Waals surface area contributed by atoms with Crippen LogP contribution in [0.5, 0.6) is 0 Å². The van der Waals surface area contributed by atoms with Crippen molar-refractivity contribution in [3.05, 3.63) is 52.4 Å². The van der Waals surface area contributed by atoms with Crippen molar-refractivity contribution in [1.29, 1.82) is 0 Å². The van der Waals surface area contributed by atoms with Crippen LogP contribution in [0.15, 0.2) is 34.5 Å². The number of thiophene rings is 1. The Morgan fingerprint density at radius 3 is 2.47 bits per heavy atom. The molecule has 102 valence electrons. The summed E-state index contributed by atoms with van der Waals surface area (Å²) >= 11 is 1.15. The summed E-state index contributed by atoms with van der Waals surface area (Å²) in [7, 11) is -3.61. The van der Waals surface area contributed by atoms with Crippen LogP contribution >= 0.6 is 11.3 Å². The van der Waals surface area contributed by atoms with E-state index in [9.17, 15) is 17.2 Å². The van der Waals surface area contributed by atoms with Crippen LogP contribution in [0.4, 0.5) is 8.78 Å². The maximum atomic E-state index is 13.0. The fraction of sp³-hybridized carbons (Fsp3) is 0.167. The van der Waals surface area contributed by atoms with E-state index in [0.29, 0.717) is 5.56 Å². The Morgan fingerprint density at radius 2 is 1.89 bits per heavy atom. The predicted molar refractivity (Wildman–Crippen MR) is 69.4 cm³/mol. The summed E-state index contributed by atoms with van der Waals surface area (Å²) in [4.78, 5) is 0.883. The van der Waals surface area contributed by atoms with E-state index in [2.05, 4.69) is 4.72 Å². The van der Waals surface area contributed by atoms with Crippen molar-refractivity contribution in [1.82, 2.24) is 4.72 Å². The van der Waals surface area contributed by atoms with E-state index in [1.54, 1.807) is 13.0 Å². The first-order chi connectivity index (χ1) is 8.88. The Morgan fingerprint density at radius 1 is 1.16 bits per heavy atom. The molecule has 0 amide bonds. The highest BCUT2D eigenvalue weighted by atomic mass is 32.2. The molecule has 0 bridgehead atoms. The quantitative estimate of drug-likeness (QED) is 0.944. The lowest BCUT2D eigenvalue weighted by molar-refractivity contribution is 0.506. The number of hydrogen-bond donors (Lipinski definition) is 1. The zero-order chi connectivity index (χ0) is 14.0. The van der Waals surface area contributed by atoms with Crippen molar-refractivity contribution >= 4 is 21.4 Å². The third kappa shape index (κ3) is 3.37. The first-order valence-corrected chi connectivity index (χ1v) is 7.68. The molecule has 0 aliphatic rings. The summed E-state index contributed by atoms with van der Waals surface area (Å²) in [5.41, 5.74) is 0.357. The smallest absolute Gasteiger partial charge is 0.206 e. The number of aryl methyl sites for hydroxylation is 1. The minimum Gasteiger partial charge on any atom is -0.206 e. The third-order valence-electron chi connectivity index (χ3n) is 2.43. The molecule has 1 aromatic heterocycles. The van der Waals surface area contributed by atoms with E-state index in [-0.39, 0.29) is 10.8 Å². The Balaban J connectivity index is 2.11. The van der Waals surface area contributed by atoms with Crippen LogP contribution in [-0.2, 0) is 16.6 Å². The van der Waals surface area contributed by atoms with Crippen molar-refractivity contribution in [2.45, 2.75) is 17.7 Å². The molecule has 0 radical (unpaired) electrons. The lowest BCUT2D eigenvalue weighted by Crippen LogP contribution is -2.22. The van der Waals surface area contributed by atoms with Gasteiger partial charge in [0.15, 0.2) is 11.6 Å². The van der Waals surface area contributed by atoms with Gasteiger partial charge >= 0.3 is 0 Å². The number of nitrogens with one attached hydrogen (secondary N) is 1. The van der Waals surface area contributed by atoms with Gasteiger partial charge in [-0.05, 0) is 36.8 Å². The summed E-state index contributed by atoms with van der Waals surface area (Å²) in [6.07, 6.45) is 0. The Bertz CT molecular complexity index is 696. The largest absolute Gasteiger partial charge is 0.250 e. The molecular formula is C12H11F2NO2S2. The Labute approximate surface area is 114 Å². The van der Waals surface area contributed by atoms with Crippen LogP contribution in [-0.4, -0.2) is 8.42 Å². The van der Waals surface area contributed by atoms with Gasteiger partial charge in [-0.25, -0.2) is 21.9 Å². The van der Waals surface area contributed by atoms with Gasteiger partial charge in [0.25, 0.3) is 0 Å². The maximum Gasteiger partial charge on any atom is 0.250 e. The summed E-state index contributed by atoms with van der Waals surface area (Å²) in [6, 6.07) is 6.48. The molecular weight excluding hydrogens is 292 g/mol. The van der Waals surface area contributed by atoms with Crippen LogP contribution in [0.1, 0.15) is 10.4 Å². The van der Waals surface area contributed by atoms with Crippen LogP contribution in [0, 0.1) is 18.6 Å². The fourth-order valence-corrected chi connectivity index (χ4v) is 3.80. The standard InChI is InChI=1S/C12H11F2NO2S2/c1-8-2-5-12(18-8)19(16,17)15-7-9-3-4-10(13)11(14)6-9/h2-6,15H,7H2,1H3. The molecule has 2 aromatic rings. The van der Waals surface area contributed by atoms with Crippen molar-refractivity contribution in [3.63, 3.8) is 0 Å². The zero-order valence-electron chi connectivity index (χ0n) is 9.98. The highest BCUT2D eigenvalue weighted by molar-refractivity contribution is 7.91. The predicted octanol–water partition coefficient (Wildman–Crippen LogP) is 2.81. The monoisotopic (exact) mass is 303 g/mol. The molecule has 0 atom stereocenters. The molecule has 0 saturated heterocycles. The van der Waals surface area contributed by atoms with E-state index in [0.717, 1.165) is 28.3 Å². The van der Waals surface area contributed by atoms with Gasteiger partial charge in [0, 0.05) is 11.4 Å². The van der Waals surface area contributed by atoms with Crippen molar-refractivity contribution < 1.29 is 17.2 Å². The third-order valence-corrected chi connectivity index (χ3v) is 5.32. The van der Waals surface area contributed by atoms with E-state index < -0.39 is 21.7 Å². The number of rotatable bonds is 4. The summed E-state index contributed by atoms with van der Waals surface area (Å²) in [5.74, 6) is -1.95. The zero-order valence-corrected chi connectivity index (χ0v) is 11.6. The SMILES string of the molecule is Cc1ccc(S(=O)(=O)NCc2ccc(F)c(F)c2)s1. The molecule has 0 aliphatic heterocycles. The van der Waals surface area contributed by atoms with Crippen molar-refractivity contribution in [2.24, 2.45) is 0 Å². The van der Waals surface area contributed by atoms with Gasteiger partial charge in [-0.2, -0.15) is 0 Å². The van der Waals surface area contributed by atoms with E-state index in [1.165, 1.54) is 12.1 Å². The number of hydrogen-bond acceptors (Lipinski definition) is 3. The topological polar surface area (TPSA) is 46.2 Å². The average molecular weight is 303 g/mol. The second kappa shape index (κ2) is 5.36. The number of halogens is 2. The lowest BCUT2D eigenvalue weighted by atomic mass is 10.2. The van der Waals surface area contributed by atoms with Gasteiger partial charge < -0.3 is 0 Å². The van der Waals surface area contributed by atoms with Crippen molar-refractivity contribution in [3.8, 4) is 0 Å². The molecule has 0 unspecified atom stereocenters. The van der Waals surface area contributed by atoms with Crippen molar-refractivity contribution in [2.75, 3.05) is 0 Å². The molecule has 7 heteroatoms. The second-order valence-electron chi connectivity index (χ2n) is 3.94. The van der Waals surface area contributed by atoms with Gasteiger partial charge in [-0.15, -0.1) is 11.3 Å². The molecule has 0 fully saturated rings. The number of benzene rings is 1. The molecule has 3 nitrogen and oxygen atoms in total.